The van der Waals surface area contributed by atoms with E-state index >= 15 is 0 Å². The van der Waals surface area contributed by atoms with Gasteiger partial charge in [-0.15, -0.1) is 0 Å². The van der Waals surface area contributed by atoms with Gasteiger partial charge in [-0.2, -0.15) is 0 Å². The molecule has 0 spiro atoms. The minimum Gasteiger partial charge on any atom is -0.314 e. The van der Waals surface area contributed by atoms with Crippen molar-refractivity contribution in [3.05, 3.63) is 34.7 Å². The molecule has 1 aromatic heterocycles. The van der Waals surface area contributed by atoms with Crippen LogP contribution in [0.1, 0.15) is 19.3 Å². The Morgan fingerprint density at radius 2 is 2.22 bits per heavy atom. The third-order valence-corrected chi connectivity index (χ3v) is 4.13. The summed E-state index contributed by atoms with van der Waals surface area (Å²) in [4.78, 5) is 14.1. The van der Waals surface area contributed by atoms with E-state index in [2.05, 4.69) is 20.8 Å². The summed E-state index contributed by atoms with van der Waals surface area (Å²) in [6, 6.07) is 5.35. The number of hydrogen-bond acceptors (Lipinski definition) is 2. The predicted octanol–water partition coefficient (Wildman–Crippen LogP) is 2.35. The lowest BCUT2D eigenvalue weighted by molar-refractivity contribution is 0.167. The van der Waals surface area contributed by atoms with Crippen molar-refractivity contribution in [1.29, 1.82) is 0 Å². The van der Waals surface area contributed by atoms with E-state index < -0.39 is 0 Å². The van der Waals surface area contributed by atoms with Crippen molar-refractivity contribution in [2.75, 3.05) is 25.0 Å². The second kappa shape index (κ2) is 7.10. The molecule has 1 aliphatic heterocycles. The minimum absolute atomic E-state index is 0.103. The van der Waals surface area contributed by atoms with E-state index in [4.69, 9.17) is 0 Å². The Kier molecular flexibility index (Phi) is 5.45. The van der Waals surface area contributed by atoms with Gasteiger partial charge >= 0.3 is 0 Å². The van der Waals surface area contributed by atoms with Crippen LogP contribution in [-0.2, 0) is 6.54 Å². The average Bonchev–Trinajstić information content (AvgIpc) is 2.39. The Labute approximate surface area is 117 Å². The van der Waals surface area contributed by atoms with Crippen LogP contribution < -0.4 is 5.56 Å². The van der Waals surface area contributed by atoms with Crippen molar-refractivity contribution in [1.82, 2.24) is 9.47 Å². The van der Waals surface area contributed by atoms with E-state index in [0.717, 1.165) is 24.3 Å². The topological polar surface area (TPSA) is 25.2 Å². The van der Waals surface area contributed by atoms with Crippen LogP contribution in [-0.4, -0.2) is 34.4 Å². The van der Waals surface area contributed by atoms with Crippen molar-refractivity contribution in [2.24, 2.45) is 5.92 Å². The van der Waals surface area contributed by atoms with Crippen LogP contribution in [0.5, 0.6) is 0 Å². The molecule has 18 heavy (non-hydrogen) atoms. The van der Waals surface area contributed by atoms with Gasteiger partial charge in [0.15, 0.2) is 0 Å². The summed E-state index contributed by atoms with van der Waals surface area (Å²) in [6.07, 6.45) is 5.79. The fourth-order valence-electron chi connectivity index (χ4n) is 2.64. The summed E-state index contributed by atoms with van der Waals surface area (Å²) in [5.41, 5.74) is 0.103. The van der Waals surface area contributed by atoms with Crippen molar-refractivity contribution < 1.29 is 0 Å². The highest BCUT2D eigenvalue weighted by Gasteiger charge is 2.18. The lowest BCUT2D eigenvalue weighted by Gasteiger charge is -2.32. The van der Waals surface area contributed by atoms with Gasteiger partial charge in [0, 0.05) is 37.2 Å². The monoisotopic (exact) mass is 312 g/mol. The molecular formula is C14H21BrN2O. The lowest BCUT2D eigenvalue weighted by Crippen LogP contribution is -2.38. The first-order chi connectivity index (χ1) is 8.79. The van der Waals surface area contributed by atoms with Crippen LogP contribution in [0, 0.1) is 5.92 Å². The highest BCUT2D eigenvalue weighted by Crippen LogP contribution is 2.20. The summed E-state index contributed by atoms with van der Waals surface area (Å²) >= 11 is 3.53. The smallest absolute Gasteiger partial charge is 0.250 e. The van der Waals surface area contributed by atoms with Gasteiger partial charge < -0.3 is 9.47 Å². The molecule has 0 saturated carbocycles. The number of nitrogens with zero attached hydrogens (tertiary/aromatic N) is 2. The maximum Gasteiger partial charge on any atom is 0.250 e. The maximum absolute atomic E-state index is 11.6. The molecular weight excluding hydrogens is 292 g/mol. The van der Waals surface area contributed by atoms with Crippen molar-refractivity contribution >= 4 is 15.9 Å². The number of aromatic nitrogens is 1. The molecule has 0 aliphatic carbocycles. The Morgan fingerprint density at radius 1 is 1.33 bits per heavy atom. The van der Waals surface area contributed by atoms with E-state index in [1.54, 1.807) is 16.7 Å². The quantitative estimate of drug-likeness (QED) is 0.780. The molecule has 0 N–H and O–H groups in total. The highest BCUT2D eigenvalue weighted by molar-refractivity contribution is 9.09. The Hall–Kier alpha value is -0.610. The average molecular weight is 313 g/mol. The zero-order valence-corrected chi connectivity index (χ0v) is 12.3. The molecule has 4 heteroatoms. The number of piperidine rings is 1. The molecule has 100 valence electrons. The second-order valence-corrected chi connectivity index (χ2v) is 5.81. The maximum atomic E-state index is 11.6. The van der Waals surface area contributed by atoms with Gasteiger partial charge in [-0.25, -0.2) is 0 Å². The summed E-state index contributed by atoms with van der Waals surface area (Å²) < 4.78 is 1.80. The van der Waals surface area contributed by atoms with Gasteiger partial charge in [0.05, 0.1) is 0 Å². The molecule has 1 aliphatic rings. The lowest BCUT2D eigenvalue weighted by atomic mass is 9.96. The molecule has 2 heterocycles. The molecule has 0 bridgehead atoms. The zero-order chi connectivity index (χ0) is 12.8. The Bertz CT molecular complexity index is 416. The van der Waals surface area contributed by atoms with Crippen LogP contribution in [0.3, 0.4) is 0 Å². The van der Waals surface area contributed by atoms with Gasteiger partial charge in [-0.05, 0) is 37.8 Å². The fourth-order valence-corrected chi connectivity index (χ4v) is 3.29. The molecule has 1 atom stereocenters. The summed E-state index contributed by atoms with van der Waals surface area (Å²) in [7, 11) is 0. The summed E-state index contributed by atoms with van der Waals surface area (Å²) in [6.45, 7) is 4.16. The minimum atomic E-state index is 0.103. The third-order valence-electron chi connectivity index (χ3n) is 3.68. The van der Waals surface area contributed by atoms with E-state index in [1.165, 1.54) is 32.4 Å². The fraction of sp³-hybridized carbons (Fsp3) is 0.643. The first kappa shape index (κ1) is 13.8. The van der Waals surface area contributed by atoms with Crippen LogP contribution in [0.2, 0.25) is 0 Å². The predicted molar refractivity (Wildman–Crippen MR) is 78.3 cm³/mol. The van der Waals surface area contributed by atoms with Gasteiger partial charge in [-0.1, -0.05) is 22.0 Å². The number of alkyl halides is 1. The third kappa shape index (κ3) is 3.95. The second-order valence-electron chi connectivity index (χ2n) is 5.02. The van der Waals surface area contributed by atoms with Crippen LogP contribution >= 0.6 is 15.9 Å². The SMILES string of the molecule is O=c1ccccn1CCN1CCCC(CCBr)C1. The number of pyridine rings is 1. The van der Waals surface area contributed by atoms with Gasteiger partial charge in [0.1, 0.15) is 0 Å². The summed E-state index contributed by atoms with van der Waals surface area (Å²) in [5, 5.41) is 1.10. The standard InChI is InChI=1S/C14H21BrN2O/c15-7-6-13-4-3-8-16(12-13)10-11-17-9-2-1-5-14(17)18/h1-2,5,9,13H,3-4,6-8,10-12H2. The first-order valence-electron chi connectivity index (χ1n) is 6.73. The van der Waals surface area contributed by atoms with Crippen molar-refractivity contribution in [3.8, 4) is 0 Å². The normalized spacial score (nSPS) is 21.1. The molecule has 0 aromatic carbocycles. The highest BCUT2D eigenvalue weighted by atomic mass is 79.9. The van der Waals surface area contributed by atoms with Gasteiger partial charge in [0.2, 0.25) is 0 Å². The molecule has 1 aromatic rings. The van der Waals surface area contributed by atoms with Crippen LogP contribution in [0.25, 0.3) is 0 Å². The van der Waals surface area contributed by atoms with E-state index in [0.29, 0.717) is 0 Å². The first-order valence-corrected chi connectivity index (χ1v) is 7.85. The largest absolute Gasteiger partial charge is 0.314 e. The molecule has 1 fully saturated rings. The zero-order valence-electron chi connectivity index (χ0n) is 10.7. The number of likely N-dealkylation sites (tertiary alicyclic amines) is 1. The van der Waals surface area contributed by atoms with E-state index in [9.17, 15) is 4.79 Å². The Balaban J connectivity index is 1.83. The Morgan fingerprint density at radius 3 is 3.00 bits per heavy atom. The van der Waals surface area contributed by atoms with Crippen LogP contribution in [0.15, 0.2) is 29.2 Å². The van der Waals surface area contributed by atoms with Crippen LogP contribution in [0.4, 0.5) is 0 Å². The molecule has 0 amide bonds. The molecule has 0 radical (unpaired) electrons. The number of halogens is 1. The molecule has 1 saturated heterocycles. The molecule has 2 rings (SSSR count). The van der Waals surface area contributed by atoms with E-state index in [-0.39, 0.29) is 5.56 Å². The van der Waals surface area contributed by atoms with Crippen molar-refractivity contribution in [2.45, 2.75) is 25.8 Å². The summed E-state index contributed by atoms with van der Waals surface area (Å²) in [5.74, 6) is 0.825. The van der Waals surface area contributed by atoms with Crippen molar-refractivity contribution in [3.63, 3.8) is 0 Å². The number of hydrogen-bond donors (Lipinski definition) is 0. The van der Waals surface area contributed by atoms with Gasteiger partial charge in [0.25, 0.3) is 5.56 Å². The number of rotatable bonds is 5. The van der Waals surface area contributed by atoms with Gasteiger partial charge in [-0.3, -0.25) is 4.79 Å². The molecule has 1 unspecified atom stereocenters. The van der Waals surface area contributed by atoms with E-state index in [1.807, 2.05) is 12.3 Å². The molecule has 3 nitrogen and oxygen atoms in total.